The smallest absolute Gasteiger partial charge is 0.320 e. The monoisotopic (exact) mass is 300 g/mol. The molecule has 0 aromatic heterocycles. The number of nitrogen functional groups attached to an aromatic ring is 1. The summed E-state index contributed by atoms with van der Waals surface area (Å²) in [5.41, 5.74) is 5.88. The number of benzene rings is 1. The van der Waals surface area contributed by atoms with Crippen LogP contribution in [0.15, 0.2) is 24.3 Å². The number of rotatable bonds is 6. The van der Waals surface area contributed by atoms with Crippen molar-refractivity contribution in [2.45, 2.75) is 18.1 Å². The van der Waals surface area contributed by atoms with Crippen molar-refractivity contribution < 1.29 is 26.0 Å². The van der Waals surface area contributed by atoms with Gasteiger partial charge in [0.05, 0.1) is 12.3 Å². The van der Waals surface area contributed by atoms with Crippen LogP contribution in [0.3, 0.4) is 0 Å². The summed E-state index contributed by atoms with van der Waals surface area (Å²) in [5, 5.41) is 0. The van der Waals surface area contributed by atoms with Gasteiger partial charge >= 0.3 is 12.3 Å². The maximum absolute atomic E-state index is 12.6. The molecular weight excluding hydrogens is 288 g/mol. The molecule has 0 radical (unpaired) electrons. The van der Waals surface area contributed by atoms with Gasteiger partial charge in [0.25, 0.3) is 0 Å². The van der Waals surface area contributed by atoms with Gasteiger partial charge in [-0.1, -0.05) is 18.2 Å². The zero-order valence-electron chi connectivity index (χ0n) is 9.61. The quantitative estimate of drug-likeness (QED) is 0.619. The van der Waals surface area contributed by atoms with Gasteiger partial charge in [0, 0.05) is 5.69 Å². The number of halogens is 4. The van der Waals surface area contributed by atoms with E-state index in [0.717, 1.165) is 0 Å². The molecule has 1 rings (SSSR count). The van der Waals surface area contributed by atoms with Gasteiger partial charge in [0.2, 0.25) is 10.0 Å². The van der Waals surface area contributed by atoms with Crippen molar-refractivity contribution in [2.24, 2.45) is 0 Å². The highest BCUT2D eigenvalue weighted by atomic mass is 32.2. The number of nitrogens with two attached hydrogens (primary N) is 1. The third-order valence-electron chi connectivity index (χ3n) is 2.25. The summed E-state index contributed by atoms with van der Waals surface area (Å²) >= 11 is 0. The Bertz CT molecular complexity index is 534. The van der Waals surface area contributed by atoms with Crippen LogP contribution in [0.2, 0.25) is 0 Å². The predicted octanol–water partition coefficient (Wildman–Crippen LogP) is 1.59. The second-order valence-electron chi connectivity index (χ2n) is 3.84. The Kier molecular flexibility index (Phi) is 4.75. The van der Waals surface area contributed by atoms with Crippen LogP contribution in [-0.2, 0) is 15.8 Å². The molecule has 0 aliphatic rings. The van der Waals surface area contributed by atoms with E-state index in [1.54, 1.807) is 6.07 Å². The van der Waals surface area contributed by atoms with Crippen molar-refractivity contribution in [1.82, 2.24) is 4.72 Å². The summed E-state index contributed by atoms with van der Waals surface area (Å²) < 4.78 is 73.3. The minimum atomic E-state index is -4.41. The Morgan fingerprint density at radius 1 is 1.26 bits per heavy atom. The maximum Gasteiger partial charge on any atom is 0.320 e. The Hall–Kier alpha value is -1.35. The van der Waals surface area contributed by atoms with Crippen LogP contribution in [0.4, 0.5) is 23.2 Å². The summed E-state index contributed by atoms with van der Waals surface area (Å²) in [6.45, 7) is -1.65. The van der Waals surface area contributed by atoms with Gasteiger partial charge in [-0.05, 0) is 11.6 Å². The second kappa shape index (κ2) is 5.74. The molecule has 0 heterocycles. The molecule has 0 aliphatic heterocycles. The van der Waals surface area contributed by atoms with Gasteiger partial charge in [0.1, 0.15) is 0 Å². The normalized spacial score (nSPS) is 12.9. The molecule has 0 atom stereocenters. The van der Waals surface area contributed by atoms with Crippen molar-refractivity contribution in [1.29, 1.82) is 0 Å². The third kappa shape index (κ3) is 4.67. The van der Waals surface area contributed by atoms with Crippen molar-refractivity contribution in [3.8, 4) is 0 Å². The van der Waals surface area contributed by atoms with E-state index in [4.69, 9.17) is 5.73 Å². The lowest BCUT2D eigenvalue weighted by atomic mass is 10.2. The van der Waals surface area contributed by atoms with Gasteiger partial charge in [-0.2, -0.15) is 8.78 Å². The highest BCUT2D eigenvalue weighted by molar-refractivity contribution is 7.88. The first kappa shape index (κ1) is 15.7. The molecule has 19 heavy (non-hydrogen) atoms. The van der Waals surface area contributed by atoms with E-state index < -0.39 is 34.7 Å². The minimum Gasteiger partial charge on any atom is -0.398 e. The molecule has 0 aliphatic carbocycles. The van der Waals surface area contributed by atoms with Crippen LogP contribution in [-0.4, -0.2) is 27.3 Å². The van der Waals surface area contributed by atoms with Crippen LogP contribution in [0.5, 0.6) is 0 Å². The summed E-state index contributed by atoms with van der Waals surface area (Å²) in [6.07, 6.45) is -3.93. The van der Waals surface area contributed by atoms with E-state index in [1.165, 1.54) is 22.9 Å². The average Bonchev–Trinajstić information content (AvgIpc) is 2.30. The first-order valence-electron chi connectivity index (χ1n) is 5.11. The van der Waals surface area contributed by atoms with E-state index in [2.05, 4.69) is 0 Å². The van der Waals surface area contributed by atoms with Gasteiger partial charge in [-0.3, -0.25) is 0 Å². The van der Waals surface area contributed by atoms with Gasteiger partial charge < -0.3 is 5.73 Å². The molecule has 1 aromatic carbocycles. The number of nitrogens with one attached hydrogen (secondary N) is 1. The molecule has 0 saturated heterocycles. The predicted molar refractivity (Wildman–Crippen MR) is 62.4 cm³/mol. The minimum absolute atomic E-state index is 0.175. The van der Waals surface area contributed by atoms with Crippen LogP contribution < -0.4 is 10.5 Å². The van der Waals surface area contributed by atoms with Crippen LogP contribution in [0.1, 0.15) is 5.56 Å². The summed E-state index contributed by atoms with van der Waals surface area (Å²) in [5.74, 6) is -5.06. The lowest BCUT2D eigenvalue weighted by Gasteiger charge is -2.16. The van der Waals surface area contributed by atoms with E-state index in [0.29, 0.717) is 0 Å². The highest BCUT2D eigenvalue weighted by Gasteiger charge is 2.41. The highest BCUT2D eigenvalue weighted by Crippen LogP contribution is 2.22. The molecule has 9 heteroatoms. The molecular formula is C10H12F4N2O2S. The van der Waals surface area contributed by atoms with Crippen LogP contribution >= 0.6 is 0 Å². The molecule has 108 valence electrons. The Morgan fingerprint density at radius 3 is 2.37 bits per heavy atom. The van der Waals surface area contributed by atoms with E-state index in [1.807, 2.05) is 0 Å². The largest absolute Gasteiger partial charge is 0.398 e. The van der Waals surface area contributed by atoms with Crippen molar-refractivity contribution >= 4 is 15.7 Å². The lowest BCUT2D eigenvalue weighted by molar-refractivity contribution is -0.122. The number of hydrogen-bond donors (Lipinski definition) is 2. The summed E-state index contributed by atoms with van der Waals surface area (Å²) in [7, 11) is -4.17. The Balaban J connectivity index is 2.71. The number of para-hydroxylation sites is 1. The number of alkyl halides is 4. The first-order chi connectivity index (χ1) is 8.64. The van der Waals surface area contributed by atoms with Crippen molar-refractivity contribution in [3.63, 3.8) is 0 Å². The summed E-state index contributed by atoms with van der Waals surface area (Å²) in [4.78, 5) is 0. The molecule has 3 N–H and O–H groups in total. The Morgan fingerprint density at radius 2 is 1.84 bits per heavy atom. The molecule has 0 spiro atoms. The van der Waals surface area contributed by atoms with Gasteiger partial charge in [0.15, 0.2) is 0 Å². The third-order valence-corrected chi connectivity index (χ3v) is 3.52. The SMILES string of the molecule is Nc1ccccc1CS(=O)(=O)NCC(F)(F)C(F)F. The molecule has 0 bridgehead atoms. The first-order valence-corrected chi connectivity index (χ1v) is 6.76. The standard InChI is InChI=1S/C10H12F4N2O2S/c11-9(12)10(13,14)6-16-19(17,18)5-7-3-1-2-4-8(7)15/h1-4,9,16H,5-6,15H2. The molecule has 1 aromatic rings. The van der Waals surface area contributed by atoms with Gasteiger partial charge in [-0.25, -0.2) is 21.9 Å². The molecule has 0 amide bonds. The molecule has 0 unspecified atom stereocenters. The van der Waals surface area contributed by atoms with Gasteiger partial charge in [-0.15, -0.1) is 0 Å². The number of hydrogen-bond acceptors (Lipinski definition) is 3. The maximum atomic E-state index is 12.6. The molecule has 0 fully saturated rings. The fourth-order valence-electron chi connectivity index (χ4n) is 1.20. The van der Waals surface area contributed by atoms with Crippen LogP contribution in [0.25, 0.3) is 0 Å². The Labute approximate surface area is 107 Å². The average molecular weight is 300 g/mol. The zero-order valence-corrected chi connectivity index (χ0v) is 10.4. The molecule has 4 nitrogen and oxygen atoms in total. The zero-order chi connectivity index (χ0) is 14.7. The van der Waals surface area contributed by atoms with Crippen LogP contribution in [0, 0.1) is 0 Å². The fraction of sp³-hybridized carbons (Fsp3) is 0.400. The molecule has 0 saturated carbocycles. The topological polar surface area (TPSA) is 72.2 Å². The van der Waals surface area contributed by atoms with E-state index in [9.17, 15) is 26.0 Å². The number of sulfonamides is 1. The van der Waals surface area contributed by atoms with Crippen molar-refractivity contribution in [3.05, 3.63) is 29.8 Å². The van der Waals surface area contributed by atoms with Crippen molar-refractivity contribution in [2.75, 3.05) is 12.3 Å². The second-order valence-corrected chi connectivity index (χ2v) is 5.65. The lowest BCUT2D eigenvalue weighted by Crippen LogP contribution is -2.41. The van der Waals surface area contributed by atoms with E-state index in [-0.39, 0.29) is 11.3 Å². The summed E-state index contributed by atoms with van der Waals surface area (Å²) in [6, 6.07) is 5.94. The van der Waals surface area contributed by atoms with E-state index >= 15 is 0 Å². The fourth-order valence-corrected chi connectivity index (χ4v) is 2.39. The number of anilines is 1.